The Morgan fingerprint density at radius 1 is 1.22 bits per heavy atom. The number of fused-ring (bicyclic) bond motifs is 1. The van der Waals surface area contributed by atoms with Crippen LogP contribution in [0.4, 0.5) is 13.6 Å². The number of H-pyrrole nitrogens is 1. The van der Waals surface area contributed by atoms with E-state index in [9.17, 15) is 18.4 Å². The molecular weight excluding hydrogens is 418 g/mol. The number of aromatic amines is 1. The van der Waals surface area contributed by atoms with Crippen molar-refractivity contribution in [2.75, 3.05) is 13.7 Å². The molecule has 3 aromatic rings. The number of nitrogens with one attached hydrogen (secondary N) is 2. The fourth-order valence-corrected chi connectivity index (χ4v) is 3.96. The average molecular weight is 440 g/mol. The van der Waals surface area contributed by atoms with Crippen LogP contribution in [0.25, 0.3) is 0 Å². The maximum absolute atomic E-state index is 14.7. The van der Waals surface area contributed by atoms with E-state index in [2.05, 4.69) is 15.3 Å². The summed E-state index contributed by atoms with van der Waals surface area (Å²) in [4.78, 5) is 34.3. The minimum Gasteiger partial charge on any atom is -0.467 e. The van der Waals surface area contributed by atoms with Crippen molar-refractivity contribution in [1.82, 2.24) is 20.2 Å². The van der Waals surface area contributed by atoms with Gasteiger partial charge in [-0.2, -0.15) is 0 Å². The van der Waals surface area contributed by atoms with E-state index in [-0.39, 0.29) is 18.5 Å². The van der Waals surface area contributed by atoms with Crippen molar-refractivity contribution >= 4 is 12.0 Å². The van der Waals surface area contributed by atoms with Gasteiger partial charge in [0.05, 0.1) is 19.1 Å². The van der Waals surface area contributed by atoms with Crippen LogP contribution in [0.15, 0.2) is 54.9 Å². The lowest BCUT2D eigenvalue weighted by molar-refractivity contribution is -0.142. The number of esters is 1. The second-order valence-electron chi connectivity index (χ2n) is 7.47. The number of benzene rings is 2. The largest absolute Gasteiger partial charge is 0.467 e. The molecule has 1 unspecified atom stereocenters. The second kappa shape index (κ2) is 9.17. The first kappa shape index (κ1) is 21.5. The highest BCUT2D eigenvalue weighted by Gasteiger charge is 2.37. The number of aromatic nitrogens is 2. The Morgan fingerprint density at radius 2 is 2.00 bits per heavy atom. The van der Waals surface area contributed by atoms with Crippen LogP contribution in [-0.4, -0.2) is 46.6 Å². The van der Waals surface area contributed by atoms with Gasteiger partial charge in [0.25, 0.3) is 0 Å². The van der Waals surface area contributed by atoms with Gasteiger partial charge < -0.3 is 19.9 Å². The predicted octanol–water partition coefficient (Wildman–Crippen LogP) is 3.13. The highest BCUT2D eigenvalue weighted by atomic mass is 19.2. The van der Waals surface area contributed by atoms with Crippen LogP contribution in [0.2, 0.25) is 0 Å². The Hall–Kier alpha value is -3.75. The van der Waals surface area contributed by atoms with Gasteiger partial charge >= 0.3 is 12.0 Å². The summed E-state index contributed by atoms with van der Waals surface area (Å²) >= 11 is 0. The van der Waals surface area contributed by atoms with Crippen LogP contribution >= 0.6 is 0 Å². The third-order valence-corrected chi connectivity index (χ3v) is 5.53. The number of hydrogen-bond donors (Lipinski definition) is 2. The zero-order chi connectivity index (χ0) is 22.7. The molecule has 2 atom stereocenters. The van der Waals surface area contributed by atoms with Crippen LogP contribution in [0.3, 0.4) is 0 Å². The fraction of sp³-hybridized carbons (Fsp3) is 0.261. The number of rotatable bonds is 5. The van der Waals surface area contributed by atoms with E-state index in [4.69, 9.17) is 4.74 Å². The molecule has 0 fully saturated rings. The van der Waals surface area contributed by atoms with Crippen LogP contribution in [0, 0.1) is 11.6 Å². The Labute approximate surface area is 183 Å². The van der Waals surface area contributed by atoms with Crippen molar-refractivity contribution < 1.29 is 23.1 Å². The highest BCUT2D eigenvalue weighted by Crippen LogP contribution is 2.35. The molecule has 1 aromatic heterocycles. The van der Waals surface area contributed by atoms with Crippen molar-refractivity contribution in [3.63, 3.8) is 0 Å². The molecule has 2 amide bonds. The molecule has 0 bridgehead atoms. The van der Waals surface area contributed by atoms with Crippen LogP contribution in [0.1, 0.15) is 28.6 Å². The van der Waals surface area contributed by atoms with Crippen molar-refractivity contribution in [3.8, 4) is 0 Å². The quantitative estimate of drug-likeness (QED) is 0.597. The monoisotopic (exact) mass is 440 g/mol. The van der Waals surface area contributed by atoms with Gasteiger partial charge in [-0.3, -0.25) is 0 Å². The van der Waals surface area contributed by atoms with E-state index in [1.165, 1.54) is 30.5 Å². The van der Waals surface area contributed by atoms with E-state index in [0.29, 0.717) is 12.1 Å². The number of nitrogens with zero attached hydrogens (tertiary/aromatic N) is 2. The standard InChI is InChI=1S/C23H22F2N4O3/c1-32-22(30)18(12-14-6-3-2-4-7-14)28-23(31)29-11-10-17-20(27-13-26-17)21(29)15-8-5-9-16(24)19(15)25/h2-9,13,18,21H,10-12H2,1H3,(H,26,27)(H,28,31)/t18-,21?/m0/s1. The predicted molar refractivity (Wildman–Crippen MR) is 112 cm³/mol. The van der Waals surface area contributed by atoms with Gasteiger partial charge in [-0.25, -0.2) is 23.4 Å². The normalized spacial score (nSPS) is 16.2. The number of imidazole rings is 1. The molecule has 0 radical (unpaired) electrons. The number of carbonyl (C=O) groups excluding carboxylic acids is 2. The van der Waals surface area contributed by atoms with Crippen molar-refractivity contribution in [1.29, 1.82) is 0 Å². The first-order chi connectivity index (χ1) is 15.5. The lowest BCUT2D eigenvalue weighted by Crippen LogP contribution is -2.52. The molecule has 0 spiro atoms. The van der Waals surface area contributed by atoms with E-state index in [1.807, 2.05) is 30.3 Å². The first-order valence-corrected chi connectivity index (χ1v) is 10.1. The lowest BCUT2D eigenvalue weighted by Gasteiger charge is -2.36. The Balaban J connectivity index is 1.64. The number of methoxy groups -OCH3 is 1. The van der Waals surface area contributed by atoms with Crippen LogP contribution in [0.5, 0.6) is 0 Å². The highest BCUT2D eigenvalue weighted by molar-refractivity contribution is 5.84. The van der Waals surface area contributed by atoms with Gasteiger partial charge in [-0.15, -0.1) is 0 Å². The van der Waals surface area contributed by atoms with E-state index < -0.39 is 35.7 Å². The number of amides is 2. The third-order valence-electron chi connectivity index (χ3n) is 5.53. The van der Waals surface area contributed by atoms with E-state index in [1.54, 1.807) is 0 Å². The molecule has 1 aliphatic heterocycles. The van der Waals surface area contributed by atoms with Gasteiger partial charge in [-0.05, 0) is 11.6 Å². The number of urea groups is 1. The molecule has 7 nitrogen and oxygen atoms in total. The van der Waals surface area contributed by atoms with Gasteiger partial charge in [0.2, 0.25) is 0 Å². The van der Waals surface area contributed by atoms with Gasteiger partial charge in [0.1, 0.15) is 12.1 Å². The van der Waals surface area contributed by atoms with Crippen LogP contribution in [-0.2, 0) is 22.4 Å². The molecule has 4 rings (SSSR count). The Kier molecular flexibility index (Phi) is 6.16. The molecule has 32 heavy (non-hydrogen) atoms. The van der Waals surface area contributed by atoms with Gasteiger partial charge in [-0.1, -0.05) is 42.5 Å². The van der Waals surface area contributed by atoms with Crippen molar-refractivity contribution in [3.05, 3.63) is 89.0 Å². The van der Waals surface area contributed by atoms with E-state index in [0.717, 1.165) is 17.3 Å². The minimum absolute atomic E-state index is 0.00845. The number of halogens is 2. The molecule has 2 N–H and O–H groups in total. The molecule has 2 aromatic carbocycles. The Morgan fingerprint density at radius 3 is 2.75 bits per heavy atom. The summed E-state index contributed by atoms with van der Waals surface area (Å²) in [5.41, 5.74) is 2.01. The van der Waals surface area contributed by atoms with E-state index >= 15 is 0 Å². The van der Waals surface area contributed by atoms with Crippen molar-refractivity contribution in [2.24, 2.45) is 0 Å². The lowest BCUT2D eigenvalue weighted by atomic mass is 9.95. The molecule has 0 saturated heterocycles. The summed E-state index contributed by atoms with van der Waals surface area (Å²) in [5, 5.41) is 2.70. The van der Waals surface area contributed by atoms with Gasteiger partial charge in [0, 0.05) is 30.6 Å². The van der Waals surface area contributed by atoms with Gasteiger partial charge in [0.15, 0.2) is 11.6 Å². The summed E-state index contributed by atoms with van der Waals surface area (Å²) in [6, 6.07) is 10.5. The maximum Gasteiger partial charge on any atom is 0.328 e. The first-order valence-electron chi connectivity index (χ1n) is 10.1. The number of carbonyl (C=O) groups is 2. The fourth-order valence-electron chi connectivity index (χ4n) is 3.96. The zero-order valence-corrected chi connectivity index (χ0v) is 17.3. The molecule has 0 aliphatic carbocycles. The zero-order valence-electron chi connectivity index (χ0n) is 17.3. The molecule has 166 valence electrons. The summed E-state index contributed by atoms with van der Waals surface area (Å²) in [5.74, 6) is -2.66. The topological polar surface area (TPSA) is 87.3 Å². The summed E-state index contributed by atoms with van der Waals surface area (Å²) in [6.07, 6.45) is 2.14. The van der Waals surface area contributed by atoms with Crippen molar-refractivity contribution in [2.45, 2.75) is 24.9 Å². The molecule has 1 aliphatic rings. The molecular formula is C23H22F2N4O3. The Bertz CT molecular complexity index is 1120. The summed E-state index contributed by atoms with van der Waals surface area (Å²) in [7, 11) is 1.24. The smallest absolute Gasteiger partial charge is 0.328 e. The summed E-state index contributed by atoms with van der Waals surface area (Å²) < 4.78 is 33.6. The number of hydrogen-bond acceptors (Lipinski definition) is 4. The average Bonchev–Trinajstić information content (AvgIpc) is 3.29. The summed E-state index contributed by atoms with van der Waals surface area (Å²) in [6.45, 7) is 0.223. The molecule has 9 heteroatoms. The second-order valence-corrected chi connectivity index (χ2v) is 7.47. The number of ether oxygens (including phenoxy) is 1. The molecule has 0 saturated carbocycles. The van der Waals surface area contributed by atoms with Crippen LogP contribution < -0.4 is 5.32 Å². The molecule has 2 heterocycles. The third kappa shape index (κ3) is 4.18. The SMILES string of the molecule is COC(=O)[C@H](Cc1ccccc1)NC(=O)N1CCc2[nH]cnc2C1c1cccc(F)c1F. The maximum atomic E-state index is 14.7. The minimum atomic E-state index is -1.04.